The number of para-hydroxylation sites is 1. The van der Waals surface area contributed by atoms with Crippen molar-refractivity contribution in [2.45, 2.75) is 101 Å². The van der Waals surface area contributed by atoms with Crippen LogP contribution in [0.4, 0.5) is 0 Å². The summed E-state index contributed by atoms with van der Waals surface area (Å²) in [7, 11) is 0. The van der Waals surface area contributed by atoms with Crippen LogP contribution in [0, 0.1) is 5.92 Å². The van der Waals surface area contributed by atoms with E-state index in [1.807, 2.05) is 35.2 Å². The van der Waals surface area contributed by atoms with Gasteiger partial charge in [-0.1, -0.05) is 56.7 Å². The Morgan fingerprint density at radius 2 is 1.69 bits per heavy atom. The second-order valence-electron chi connectivity index (χ2n) is 11.0. The molecule has 0 radical (unpaired) electrons. The van der Waals surface area contributed by atoms with Crippen molar-refractivity contribution in [2.24, 2.45) is 5.92 Å². The number of fused-ring (bicyclic) bond motifs is 3. The molecule has 2 amide bonds. The molecule has 0 aromatic heterocycles. The van der Waals surface area contributed by atoms with Crippen LogP contribution in [0.3, 0.4) is 0 Å². The van der Waals surface area contributed by atoms with E-state index in [2.05, 4.69) is 5.32 Å². The maximum Gasteiger partial charge on any atom is 0.247 e. The Balaban J connectivity index is 1.52. The van der Waals surface area contributed by atoms with Gasteiger partial charge < -0.3 is 25.2 Å². The zero-order valence-electron chi connectivity index (χ0n) is 21.1. The van der Waals surface area contributed by atoms with Gasteiger partial charge in [-0.25, -0.2) is 0 Å². The number of aliphatic hydroxyl groups is 2. The lowest BCUT2D eigenvalue weighted by atomic mass is 9.77. The summed E-state index contributed by atoms with van der Waals surface area (Å²) in [5, 5.41) is 23.8. The number of amides is 2. The van der Waals surface area contributed by atoms with Crippen molar-refractivity contribution in [3.8, 4) is 5.75 Å². The van der Waals surface area contributed by atoms with Gasteiger partial charge in [-0.2, -0.15) is 0 Å². The van der Waals surface area contributed by atoms with Crippen molar-refractivity contribution in [2.75, 3.05) is 13.2 Å². The molecule has 1 aliphatic heterocycles. The Labute approximate surface area is 213 Å². The molecule has 1 aromatic rings. The highest BCUT2D eigenvalue weighted by Crippen LogP contribution is 2.47. The first kappa shape index (κ1) is 25.3. The number of aliphatic hydroxyl groups excluding tert-OH is 2. The molecule has 3 aliphatic carbocycles. The molecule has 2 fully saturated rings. The number of nitrogens with zero attached hydrogens (tertiary/aromatic N) is 1. The van der Waals surface area contributed by atoms with Gasteiger partial charge in [-0.15, -0.1) is 0 Å². The number of nitrogens with one attached hydrogen (secondary N) is 1. The molecule has 4 aliphatic rings. The van der Waals surface area contributed by atoms with Crippen LogP contribution in [0.2, 0.25) is 0 Å². The Hall–Kier alpha value is -2.38. The van der Waals surface area contributed by atoms with Gasteiger partial charge in [-0.3, -0.25) is 9.59 Å². The molecule has 4 unspecified atom stereocenters. The largest absolute Gasteiger partial charge is 0.486 e. The fourth-order valence-electron chi connectivity index (χ4n) is 6.88. The number of ether oxygens (including phenoxy) is 1. The van der Waals surface area contributed by atoms with E-state index in [9.17, 15) is 19.8 Å². The molecule has 1 aromatic carbocycles. The van der Waals surface area contributed by atoms with Crippen LogP contribution < -0.4 is 10.1 Å². The first-order valence-electron chi connectivity index (χ1n) is 13.9. The van der Waals surface area contributed by atoms with Crippen LogP contribution in [-0.2, 0) is 9.59 Å². The molecular weight excluding hydrogens is 456 g/mol. The van der Waals surface area contributed by atoms with Gasteiger partial charge in [0.25, 0.3) is 0 Å². The van der Waals surface area contributed by atoms with Gasteiger partial charge in [0.1, 0.15) is 18.0 Å². The van der Waals surface area contributed by atoms with Gasteiger partial charge in [-0.05, 0) is 43.7 Å². The van der Waals surface area contributed by atoms with Crippen molar-refractivity contribution in [1.82, 2.24) is 10.2 Å². The average Bonchev–Trinajstić information content (AvgIpc) is 3.45. The van der Waals surface area contributed by atoms with Crippen molar-refractivity contribution >= 4 is 11.8 Å². The lowest BCUT2D eigenvalue weighted by molar-refractivity contribution is -0.142. The second kappa shape index (κ2) is 11.3. The number of carbonyl (C=O) groups is 2. The third-order valence-electron chi connectivity index (χ3n) is 8.64. The topological polar surface area (TPSA) is 99.1 Å². The van der Waals surface area contributed by atoms with E-state index in [4.69, 9.17) is 4.74 Å². The maximum absolute atomic E-state index is 13.9. The van der Waals surface area contributed by atoms with E-state index in [-0.39, 0.29) is 31.0 Å². The van der Waals surface area contributed by atoms with Crippen LogP contribution in [0.25, 0.3) is 0 Å². The summed E-state index contributed by atoms with van der Waals surface area (Å²) in [6.07, 6.45) is 11.6. The van der Waals surface area contributed by atoms with Crippen molar-refractivity contribution in [1.29, 1.82) is 0 Å². The van der Waals surface area contributed by atoms with Gasteiger partial charge in [0, 0.05) is 30.1 Å². The lowest BCUT2D eigenvalue weighted by Gasteiger charge is -2.44. The van der Waals surface area contributed by atoms with E-state index < -0.39 is 24.2 Å². The highest BCUT2D eigenvalue weighted by atomic mass is 16.5. The number of benzene rings is 1. The van der Waals surface area contributed by atoms with Crippen molar-refractivity contribution in [3.63, 3.8) is 0 Å². The molecule has 4 atom stereocenters. The molecule has 0 spiro atoms. The van der Waals surface area contributed by atoms with Gasteiger partial charge >= 0.3 is 0 Å². The smallest absolute Gasteiger partial charge is 0.247 e. The summed E-state index contributed by atoms with van der Waals surface area (Å²) in [5.74, 6) is 0.486. The van der Waals surface area contributed by atoms with Crippen LogP contribution in [0.1, 0.15) is 82.1 Å². The third-order valence-corrected chi connectivity index (χ3v) is 8.64. The predicted molar refractivity (Wildman–Crippen MR) is 136 cm³/mol. The predicted octanol–water partition coefficient (Wildman–Crippen LogP) is 3.44. The van der Waals surface area contributed by atoms with Crippen LogP contribution >= 0.6 is 0 Å². The quantitative estimate of drug-likeness (QED) is 0.503. The second-order valence-corrected chi connectivity index (χ2v) is 11.0. The molecule has 0 bridgehead atoms. The number of hydrogen-bond acceptors (Lipinski definition) is 5. The number of rotatable bonds is 7. The molecule has 7 heteroatoms. The van der Waals surface area contributed by atoms with E-state index in [1.54, 1.807) is 0 Å². The van der Waals surface area contributed by atoms with E-state index in [1.165, 1.54) is 25.7 Å². The summed E-state index contributed by atoms with van der Waals surface area (Å²) in [4.78, 5) is 29.2. The zero-order valence-corrected chi connectivity index (χ0v) is 21.1. The Morgan fingerprint density at radius 1 is 1.00 bits per heavy atom. The van der Waals surface area contributed by atoms with Crippen LogP contribution in [0.5, 0.6) is 5.75 Å². The molecule has 196 valence electrons. The molecular formula is C29H40N2O5. The summed E-state index contributed by atoms with van der Waals surface area (Å²) in [6, 6.07) is 7.04. The SMILES string of the molecule is O=C(NCCO)C1=CC(N(C(=O)CC2CCCC2)C2CCCCCC2)C(O)C2Oc3ccccc3C12. The summed E-state index contributed by atoms with van der Waals surface area (Å²) in [6.45, 7) is -0.00341. The lowest BCUT2D eigenvalue weighted by Crippen LogP contribution is -2.58. The van der Waals surface area contributed by atoms with Gasteiger partial charge in [0.05, 0.1) is 18.6 Å². The number of carbonyl (C=O) groups excluding carboxylic acids is 2. The summed E-state index contributed by atoms with van der Waals surface area (Å²) < 4.78 is 6.26. The maximum atomic E-state index is 13.9. The Morgan fingerprint density at radius 3 is 2.42 bits per heavy atom. The molecule has 3 N–H and O–H groups in total. The van der Waals surface area contributed by atoms with Crippen LogP contribution in [0.15, 0.2) is 35.9 Å². The van der Waals surface area contributed by atoms with E-state index >= 15 is 0 Å². The van der Waals surface area contributed by atoms with Gasteiger partial charge in [0.15, 0.2) is 0 Å². The van der Waals surface area contributed by atoms with E-state index in [0.717, 1.165) is 44.1 Å². The minimum absolute atomic E-state index is 0.0550. The molecule has 5 rings (SSSR count). The fraction of sp³-hybridized carbons (Fsp3) is 0.655. The Kier molecular flexibility index (Phi) is 7.96. The fourth-order valence-corrected chi connectivity index (χ4v) is 6.88. The summed E-state index contributed by atoms with van der Waals surface area (Å²) in [5.41, 5.74) is 1.39. The normalized spacial score (nSPS) is 28.4. The van der Waals surface area contributed by atoms with Gasteiger partial charge in [0.2, 0.25) is 11.8 Å². The molecule has 2 saturated carbocycles. The highest BCUT2D eigenvalue weighted by molar-refractivity contribution is 5.96. The standard InChI is InChI=1S/C29H40N2O5/c32-16-15-30-29(35)22-18-23(27(34)28-26(22)21-13-7-8-14-24(21)36-28)31(20-11-3-1-2-4-12-20)25(33)17-19-9-5-6-10-19/h7-8,13-14,18-20,23,26-28,32,34H,1-6,9-12,15-17H2,(H,30,35). The number of hydrogen-bond donors (Lipinski definition) is 3. The molecule has 7 nitrogen and oxygen atoms in total. The van der Waals surface area contributed by atoms with Crippen molar-refractivity contribution < 1.29 is 24.5 Å². The molecule has 0 saturated heterocycles. The monoisotopic (exact) mass is 496 g/mol. The summed E-state index contributed by atoms with van der Waals surface area (Å²) >= 11 is 0. The minimum atomic E-state index is -0.937. The minimum Gasteiger partial charge on any atom is -0.486 e. The first-order valence-corrected chi connectivity index (χ1v) is 13.9. The zero-order chi connectivity index (χ0) is 25.1. The Bertz CT molecular complexity index is 964. The van der Waals surface area contributed by atoms with Crippen molar-refractivity contribution in [3.05, 3.63) is 41.5 Å². The molecule has 36 heavy (non-hydrogen) atoms. The molecule has 1 heterocycles. The first-order chi connectivity index (χ1) is 17.6. The third kappa shape index (κ3) is 5.05. The van der Waals surface area contributed by atoms with Crippen LogP contribution in [-0.4, -0.2) is 64.4 Å². The highest BCUT2D eigenvalue weighted by Gasteiger charge is 2.51. The van der Waals surface area contributed by atoms with E-state index in [0.29, 0.717) is 23.7 Å². The average molecular weight is 497 g/mol.